The number of esters is 2. The van der Waals surface area contributed by atoms with Gasteiger partial charge in [-0.15, -0.1) is 0 Å². The lowest BCUT2D eigenvalue weighted by atomic mass is 10.0. The Labute approximate surface area is 347 Å². The first-order valence-electron chi connectivity index (χ1n) is 23.8. The van der Waals surface area contributed by atoms with Crippen LogP contribution in [-0.2, 0) is 19.1 Å². The highest BCUT2D eigenvalue weighted by Gasteiger charge is 2.15. The molecule has 0 amide bonds. The van der Waals surface area contributed by atoms with Crippen molar-refractivity contribution in [3.8, 4) is 0 Å². The average molecular weight is 783 g/mol. The van der Waals surface area contributed by atoms with Crippen molar-refractivity contribution in [2.75, 3.05) is 13.2 Å². The van der Waals surface area contributed by atoms with Gasteiger partial charge in [0.25, 0.3) is 0 Å². The number of carbonyl (C=O) groups excluding carboxylic acids is 2. The van der Waals surface area contributed by atoms with E-state index in [0.29, 0.717) is 12.8 Å². The van der Waals surface area contributed by atoms with Crippen LogP contribution in [0.5, 0.6) is 0 Å². The Kier molecular flexibility index (Phi) is 45.0. The van der Waals surface area contributed by atoms with Gasteiger partial charge in [-0.1, -0.05) is 216 Å². The zero-order valence-electron chi connectivity index (χ0n) is 36.9. The normalized spacial score (nSPS) is 12.7. The van der Waals surface area contributed by atoms with Crippen LogP contribution in [0.2, 0.25) is 0 Å². The molecule has 0 fully saturated rings. The third kappa shape index (κ3) is 44.3. The molecular formula is C51H90O5. The molecule has 324 valence electrons. The Hall–Kier alpha value is -2.40. The molecule has 1 N–H and O–H groups in total. The maximum atomic E-state index is 12.1. The fourth-order valence-electron chi connectivity index (χ4n) is 6.74. The molecule has 5 nitrogen and oxygen atoms in total. The number of ether oxygens (including phenoxy) is 2. The van der Waals surface area contributed by atoms with Crippen LogP contribution in [-0.4, -0.2) is 36.4 Å². The van der Waals surface area contributed by atoms with Crippen LogP contribution in [0.25, 0.3) is 0 Å². The number of allylic oxidation sites excluding steroid dienone is 10. The topological polar surface area (TPSA) is 72.8 Å². The van der Waals surface area contributed by atoms with Gasteiger partial charge >= 0.3 is 11.9 Å². The van der Waals surface area contributed by atoms with Crippen LogP contribution in [0, 0.1) is 0 Å². The minimum atomic E-state index is -0.810. The summed E-state index contributed by atoms with van der Waals surface area (Å²) in [5.41, 5.74) is 0. The molecule has 0 saturated carbocycles. The number of hydrogen-bond acceptors (Lipinski definition) is 5. The Balaban J connectivity index is 3.48. The van der Waals surface area contributed by atoms with Crippen LogP contribution in [0.1, 0.15) is 232 Å². The molecule has 0 aliphatic rings. The Morgan fingerprint density at radius 1 is 0.429 bits per heavy atom. The van der Waals surface area contributed by atoms with Crippen LogP contribution >= 0.6 is 0 Å². The molecule has 0 radical (unpaired) electrons. The molecule has 5 heteroatoms. The summed E-state index contributed by atoms with van der Waals surface area (Å²) in [6.07, 6.45) is 62.0. The van der Waals surface area contributed by atoms with E-state index in [4.69, 9.17) is 9.47 Å². The van der Waals surface area contributed by atoms with E-state index < -0.39 is 12.1 Å². The zero-order chi connectivity index (χ0) is 40.7. The van der Waals surface area contributed by atoms with Gasteiger partial charge in [-0.05, 0) is 64.2 Å². The number of rotatable bonds is 43. The van der Waals surface area contributed by atoms with Crippen LogP contribution in [0.3, 0.4) is 0 Å². The van der Waals surface area contributed by atoms with Crippen molar-refractivity contribution in [3.63, 3.8) is 0 Å². The van der Waals surface area contributed by atoms with Gasteiger partial charge in [-0.2, -0.15) is 0 Å². The summed E-state index contributed by atoms with van der Waals surface area (Å²) in [6, 6.07) is 0. The second kappa shape index (κ2) is 47.0. The van der Waals surface area contributed by atoms with Gasteiger partial charge < -0.3 is 14.6 Å². The first kappa shape index (κ1) is 53.6. The van der Waals surface area contributed by atoms with E-state index in [-0.39, 0.29) is 25.6 Å². The first-order chi connectivity index (χ1) is 27.6. The minimum Gasteiger partial charge on any atom is -0.462 e. The Bertz CT molecular complexity index is 977. The SMILES string of the molecule is CC/C=C\C/C=C\C/C=C\C/C=C\CCC(=O)OC(CO)COC(=O)CCCCCCCCCCCCCCCCCCC/C=C\CCCCCCCCCC. The molecule has 0 spiro atoms. The third-order valence-corrected chi connectivity index (χ3v) is 10.3. The predicted molar refractivity (Wildman–Crippen MR) is 242 cm³/mol. The maximum absolute atomic E-state index is 12.1. The van der Waals surface area contributed by atoms with Crippen molar-refractivity contribution in [2.45, 2.75) is 238 Å². The molecule has 0 aromatic rings. The second-order valence-corrected chi connectivity index (χ2v) is 15.8. The van der Waals surface area contributed by atoms with E-state index in [1.54, 1.807) is 0 Å². The molecule has 1 unspecified atom stereocenters. The highest BCUT2D eigenvalue weighted by Crippen LogP contribution is 2.15. The van der Waals surface area contributed by atoms with E-state index in [1.807, 2.05) is 12.2 Å². The van der Waals surface area contributed by atoms with E-state index in [2.05, 4.69) is 62.5 Å². The molecule has 1 atom stereocenters. The highest BCUT2D eigenvalue weighted by molar-refractivity contribution is 5.70. The van der Waals surface area contributed by atoms with Gasteiger partial charge in [0.15, 0.2) is 6.10 Å². The standard InChI is InChI=1S/C51H90O5/c1-3-5-7-9-11-13-15-17-18-19-20-21-22-23-24-25-26-27-28-29-30-31-32-34-35-37-39-41-43-45-50(53)55-48-49(47-52)56-51(54)46-44-42-40-38-36-33-16-14-12-10-8-6-4-2/h6,8,12,14,19-20,33,36,40,42,49,52H,3-5,7,9-11,13,15-18,21-32,34-35,37-39,41,43-48H2,1-2H3/b8-6-,14-12-,20-19-,36-33-,42-40-. The smallest absolute Gasteiger partial charge is 0.306 e. The van der Waals surface area contributed by atoms with Crippen molar-refractivity contribution < 1.29 is 24.2 Å². The lowest BCUT2D eigenvalue weighted by Crippen LogP contribution is -2.28. The third-order valence-electron chi connectivity index (χ3n) is 10.3. The molecule has 0 rings (SSSR count). The number of unbranched alkanes of at least 4 members (excludes halogenated alkanes) is 25. The minimum absolute atomic E-state index is 0.0945. The molecule has 0 bridgehead atoms. The largest absolute Gasteiger partial charge is 0.462 e. The second-order valence-electron chi connectivity index (χ2n) is 15.8. The van der Waals surface area contributed by atoms with Gasteiger partial charge in [0.2, 0.25) is 0 Å². The first-order valence-corrected chi connectivity index (χ1v) is 23.8. The van der Waals surface area contributed by atoms with E-state index >= 15 is 0 Å². The van der Waals surface area contributed by atoms with E-state index in [1.165, 1.54) is 154 Å². The Morgan fingerprint density at radius 3 is 1.23 bits per heavy atom. The predicted octanol–water partition coefficient (Wildman–Crippen LogP) is 15.5. The van der Waals surface area contributed by atoms with E-state index in [0.717, 1.165) is 44.9 Å². The average Bonchev–Trinajstić information content (AvgIpc) is 3.20. The summed E-state index contributed by atoms with van der Waals surface area (Å²) in [6.45, 7) is 3.97. The molecule has 0 aliphatic carbocycles. The summed E-state index contributed by atoms with van der Waals surface area (Å²) in [7, 11) is 0. The van der Waals surface area contributed by atoms with Crippen molar-refractivity contribution >= 4 is 11.9 Å². The molecule has 0 aromatic carbocycles. The number of aliphatic hydroxyl groups excluding tert-OH is 1. The van der Waals surface area contributed by atoms with Crippen LogP contribution < -0.4 is 0 Å². The lowest BCUT2D eigenvalue weighted by molar-refractivity contribution is -0.161. The number of hydrogen-bond donors (Lipinski definition) is 1. The van der Waals surface area contributed by atoms with Crippen molar-refractivity contribution in [3.05, 3.63) is 60.8 Å². The Morgan fingerprint density at radius 2 is 0.804 bits per heavy atom. The van der Waals surface area contributed by atoms with Gasteiger partial charge in [0, 0.05) is 12.8 Å². The van der Waals surface area contributed by atoms with E-state index in [9.17, 15) is 14.7 Å². The summed E-state index contributed by atoms with van der Waals surface area (Å²) in [5, 5.41) is 9.56. The summed E-state index contributed by atoms with van der Waals surface area (Å²) in [4.78, 5) is 24.3. The van der Waals surface area contributed by atoms with Gasteiger partial charge in [-0.25, -0.2) is 0 Å². The zero-order valence-corrected chi connectivity index (χ0v) is 36.9. The molecular weight excluding hydrogens is 693 g/mol. The molecule has 0 heterocycles. The van der Waals surface area contributed by atoms with Gasteiger partial charge in [-0.3, -0.25) is 9.59 Å². The monoisotopic (exact) mass is 783 g/mol. The van der Waals surface area contributed by atoms with Crippen LogP contribution in [0.15, 0.2) is 60.8 Å². The molecule has 0 aliphatic heterocycles. The lowest BCUT2D eigenvalue weighted by Gasteiger charge is -2.15. The van der Waals surface area contributed by atoms with Crippen molar-refractivity contribution in [2.24, 2.45) is 0 Å². The van der Waals surface area contributed by atoms with Crippen molar-refractivity contribution in [1.82, 2.24) is 0 Å². The van der Waals surface area contributed by atoms with Gasteiger partial charge in [0.05, 0.1) is 6.61 Å². The van der Waals surface area contributed by atoms with Crippen molar-refractivity contribution in [1.29, 1.82) is 0 Å². The summed E-state index contributed by atoms with van der Waals surface area (Å²) >= 11 is 0. The quantitative estimate of drug-likeness (QED) is 0.0379. The van der Waals surface area contributed by atoms with Crippen LogP contribution in [0.4, 0.5) is 0 Å². The fraction of sp³-hybridized carbons (Fsp3) is 0.765. The highest BCUT2D eigenvalue weighted by atomic mass is 16.6. The molecule has 56 heavy (non-hydrogen) atoms. The fourth-order valence-corrected chi connectivity index (χ4v) is 6.74. The number of carbonyl (C=O) groups is 2. The summed E-state index contributed by atoms with van der Waals surface area (Å²) in [5.74, 6) is -0.682. The number of aliphatic hydroxyl groups is 1. The maximum Gasteiger partial charge on any atom is 0.306 e. The summed E-state index contributed by atoms with van der Waals surface area (Å²) < 4.78 is 10.6. The molecule has 0 aromatic heterocycles. The molecule has 0 saturated heterocycles. The van der Waals surface area contributed by atoms with Gasteiger partial charge in [0.1, 0.15) is 6.61 Å².